The van der Waals surface area contributed by atoms with Gasteiger partial charge in [0.2, 0.25) is 0 Å². The molecule has 1 aliphatic carbocycles. The largest absolute Gasteiger partial charge is 0.117 e. The molecule has 0 heteroatoms. The third-order valence-corrected chi connectivity index (χ3v) is 3.15. The SMILES string of the molecule is CC(C)(C)C(C)(C)C1=C=CC=C1. The highest BCUT2D eigenvalue weighted by molar-refractivity contribution is 5.34. The smallest absolute Gasteiger partial charge is 0.00182 e. The van der Waals surface area contributed by atoms with Crippen LogP contribution in [-0.4, -0.2) is 0 Å². The van der Waals surface area contributed by atoms with Gasteiger partial charge in [-0.2, -0.15) is 0 Å². The maximum absolute atomic E-state index is 3.28. The van der Waals surface area contributed by atoms with E-state index in [0.29, 0.717) is 0 Å². The first-order chi connectivity index (χ1) is 5.36. The normalized spacial score (nSPS) is 16.9. The van der Waals surface area contributed by atoms with Gasteiger partial charge in [0.1, 0.15) is 0 Å². The second-order valence-electron chi connectivity index (χ2n) is 4.96. The molecule has 0 saturated heterocycles. The lowest BCUT2D eigenvalue weighted by atomic mass is 9.65. The van der Waals surface area contributed by atoms with E-state index in [2.05, 4.69) is 52.5 Å². The molecule has 0 unspecified atom stereocenters. The van der Waals surface area contributed by atoms with Gasteiger partial charge in [0.15, 0.2) is 0 Å². The number of hydrogen-bond acceptors (Lipinski definition) is 0. The van der Waals surface area contributed by atoms with Crippen LogP contribution in [0.15, 0.2) is 29.5 Å². The molecular weight excluding hydrogens is 144 g/mol. The van der Waals surface area contributed by atoms with Crippen LogP contribution in [0.4, 0.5) is 0 Å². The van der Waals surface area contributed by atoms with Crippen molar-refractivity contribution in [2.45, 2.75) is 34.6 Å². The van der Waals surface area contributed by atoms with Crippen molar-refractivity contribution in [1.29, 1.82) is 0 Å². The molecule has 0 fully saturated rings. The van der Waals surface area contributed by atoms with Crippen molar-refractivity contribution in [3.8, 4) is 0 Å². The number of rotatable bonds is 1. The van der Waals surface area contributed by atoms with E-state index in [9.17, 15) is 0 Å². The zero-order chi connectivity index (χ0) is 9.41. The maximum Gasteiger partial charge on any atom is 0.00182 e. The molecule has 0 atom stereocenters. The van der Waals surface area contributed by atoms with Crippen molar-refractivity contribution >= 4 is 0 Å². The standard InChI is InChI=1S/C12H18/c1-11(2,3)12(4,5)10-8-6-7-9-10/h6-8H,1-5H3. The Morgan fingerprint density at radius 1 is 1.08 bits per heavy atom. The van der Waals surface area contributed by atoms with E-state index < -0.39 is 0 Å². The highest BCUT2D eigenvalue weighted by Gasteiger charge is 2.35. The molecule has 12 heavy (non-hydrogen) atoms. The molecule has 0 aromatic heterocycles. The summed E-state index contributed by atoms with van der Waals surface area (Å²) < 4.78 is 0. The predicted octanol–water partition coefficient (Wildman–Crippen LogP) is 3.71. The van der Waals surface area contributed by atoms with Crippen LogP contribution < -0.4 is 0 Å². The molecule has 0 heterocycles. The average molecular weight is 162 g/mol. The summed E-state index contributed by atoms with van der Waals surface area (Å²) in [4.78, 5) is 0. The second-order valence-corrected chi connectivity index (χ2v) is 4.96. The molecule has 0 aromatic carbocycles. The average Bonchev–Trinajstić information content (AvgIpc) is 2.34. The van der Waals surface area contributed by atoms with Gasteiger partial charge in [0.05, 0.1) is 0 Å². The molecule has 0 bridgehead atoms. The first-order valence-corrected chi connectivity index (χ1v) is 4.49. The highest BCUT2D eigenvalue weighted by atomic mass is 14.4. The van der Waals surface area contributed by atoms with Gasteiger partial charge in [0, 0.05) is 11.0 Å². The Morgan fingerprint density at radius 2 is 1.67 bits per heavy atom. The number of allylic oxidation sites excluding steroid dienone is 3. The van der Waals surface area contributed by atoms with E-state index in [1.165, 1.54) is 5.57 Å². The summed E-state index contributed by atoms with van der Waals surface area (Å²) in [6.07, 6.45) is 6.21. The molecule has 0 aromatic rings. The van der Waals surface area contributed by atoms with Crippen LogP contribution in [0, 0.1) is 10.8 Å². The Morgan fingerprint density at radius 3 is 2.00 bits per heavy atom. The quantitative estimate of drug-likeness (QED) is 0.516. The van der Waals surface area contributed by atoms with Gasteiger partial charge < -0.3 is 0 Å². The highest BCUT2D eigenvalue weighted by Crippen LogP contribution is 2.44. The summed E-state index contributed by atoms with van der Waals surface area (Å²) in [7, 11) is 0. The van der Waals surface area contributed by atoms with E-state index in [1.807, 2.05) is 6.08 Å². The predicted molar refractivity (Wildman–Crippen MR) is 54.0 cm³/mol. The van der Waals surface area contributed by atoms with Crippen molar-refractivity contribution in [3.05, 3.63) is 29.5 Å². The minimum absolute atomic E-state index is 0.205. The first-order valence-electron chi connectivity index (χ1n) is 4.49. The van der Waals surface area contributed by atoms with Gasteiger partial charge in [-0.25, -0.2) is 0 Å². The monoisotopic (exact) mass is 162 g/mol. The van der Waals surface area contributed by atoms with Crippen LogP contribution in [0.2, 0.25) is 0 Å². The van der Waals surface area contributed by atoms with Gasteiger partial charge >= 0.3 is 0 Å². The molecule has 0 aliphatic heterocycles. The van der Waals surface area contributed by atoms with Crippen molar-refractivity contribution < 1.29 is 0 Å². The topological polar surface area (TPSA) is 0 Å². The molecule has 0 N–H and O–H groups in total. The summed E-state index contributed by atoms with van der Waals surface area (Å²) in [5.74, 6) is 0. The van der Waals surface area contributed by atoms with E-state index in [0.717, 1.165) is 0 Å². The van der Waals surface area contributed by atoms with E-state index in [1.54, 1.807) is 0 Å². The van der Waals surface area contributed by atoms with Gasteiger partial charge in [0.25, 0.3) is 0 Å². The lowest BCUT2D eigenvalue weighted by molar-refractivity contribution is 0.182. The minimum Gasteiger partial charge on any atom is -0.117 e. The molecule has 66 valence electrons. The fourth-order valence-corrected chi connectivity index (χ4v) is 1.12. The minimum atomic E-state index is 0.205. The summed E-state index contributed by atoms with van der Waals surface area (Å²) >= 11 is 0. The van der Waals surface area contributed by atoms with Crippen molar-refractivity contribution in [2.75, 3.05) is 0 Å². The van der Waals surface area contributed by atoms with Crippen LogP contribution in [0.3, 0.4) is 0 Å². The van der Waals surface area contributed by atoms with Crippen LogP contribution in [0.25, 0.3) is 0 Å². The Labute approximate surface area is 75.7 Å². The third-order valence-electron chi connectivity index (χ3n) is 3.15. The van der Waals surface area contributed by atoms with E-state index in [-0.39, 0.29) is 10.8 Å². The van der Waals surface area contributed by atoms with Crippen molar-refractivity contribution in [1.82, 2.24) is 0 Å². The first kappa shape index (κ1) is 9.35. The van der Waals surface area contributed by atoms with Gasteiger partial charge in [-0.05, 0) is 11.5 Å². The molecule has 1 aliphatic rings. The molecule has 0 amide bonds. The molecule has 0 radical (unpaired) electrons. The molecule has 0 nitrogen and oxygen atoms in total. The van der Waals surface area contributed by atoms with Gasteiger partial charge in [-0.1, -0.05) is 46.8 Å². The number of hydrogen-bond donors (Lipinski definition) is 0. The van der Waals surface area contributed by atoms with Crippen LogP contribution >= 0.6 is 0 Å². The van der Waals surface area contributed by atoms with Crippen LogP contribution in [0.1, 0.15) is 34.6 Å². The van der Waals surface area contributed by atoms with Crippen molar-refractivity contribution in [2.24, 2.45) is 10.8 Å². The zero-order valence-corrected chi connectivity index (χ0v) is 8.73. The maximum atomic E-state index is 3.28. The van der Waals surface area contributed by atoms with Gasteiger partial charge in [-0.3, -0.25) is 0 Å². The van der Waals surface area contributed by atoms with E-state index in [4.69, 9.17) is 0 Å². The Balaban J connectivity index is 3.01. The lowest BCUT2D eigenvalue weighted by Gasteiger charge is -2.38. The van der Waals surface area contributed by atoms with Crippen LogP contribution in [0.5, 0.6) is 0 Å². The Hall–Kier alpha value is -0.740. The Kier molecular flexibility index (Phi) is 2.06. The summed E-state index contributed by atoms with van der Waals surface area (Å²) in [6.45, 7) is 11.4. The van der Waals surface area contributed by atoms with Crippen LogP contribution in [-0.2, 0) is 0 Å². The molecule has 1 rings (SSSR count). The van der Waals surface area contributed by atoms with E-state index >= 15 is 0 Å². The third kappa shape index (κ3) is 1.40. The zero-order valence-electron chi connectivity index (χ0n) is 8.73. The van der Waals surface area contributed by atoms with Crippen molar-refractivity contribution in [3.63, 3.8) is 0 Å². The summed E-state index contributed by atoms with van der Waals surface area (Å²) in [5.41, 5.74) is 5.09. The molecule has 0 spiro atoms. The summed E-state index contributed by atoms with van der Waals surface area (Å²) in [6, 6.07) is 0. The lowest BCUT2D eigenvalue weighted by Crippen LogP contribution is -2.30. The fraction of sp³-hybridized carbons (Fsp3) is 0.583. The fourth-order valence-electron chi connectivity index (χ4n) is 1.12. The Bertz CT molecular complexity index is 263. The molecular formula is C12H18. The summed E-state index contributed by atoms with van der Waals surface area (Å²) in [5, 5.41) is 0. The van der Waals surface area contributed by atoms with Gasteiger partial charge in [-0.15, -0.1) is 5.73 Å². The second kappa shape index (κ2) is 2.64. The molecule has 0 saturated carbocycles.